The molecule has 0 aliphatic rings. The van der Waals surface area contributed by atoms with Gasteiger partial charge in [0.1, 0.15) is 0 Å². The smallest absolute Gasteiger partial charge is 0.335 e. The Bertz CT molecular complexity index is 780. The van der Waals surface area contributed by atoms with E-state index >= 15 is 0 Å². The lowest BCUT2D eigenvalue weighted by molar-refractivity contribution is 0.0696. The maximum atomic E-state index is 12.5. The van der Waals surface area contributed by atoms with Crippen LogP contribution in [0.3, 0.4) is 0 Å². The maximum absolute atomic E-state index is 12.5. The van der Waals surface area contributed by atoms with E-state index in [0.717, 1.165) is 0 Å². The fourth-order valence-electron chi connectivity index (χ4n) is 2.06. The number of carboxylic acid groups (broad SMARTS) is 1. The Morgan fingerprint density at radius 1 is 1.14 bits per heavy atom. The molecule has 1 N–H and O–H groups in total. The number of benzene rings is 2. The first kappa shape index (κ1) is 15.5. The molecule has 110 valence electrons. The summed E-state index contributed by atoms with van der Waals surface area (Å²) in [6.45, 7) is 1.50. The van der Waals surface area contributed by atoms with Gasteiger partial charge >= 0.3 is 5.97 Å². The van der Waals surface area contributed by atoms with Gasteiger partial charge in [0, 0.05) is 5.02 Å². The van der Waals surface area contributed by atoms with Gasteiger partial charge in [0.25, 0.3) is 0 Å². The Morgan fingerprint density at radius 3 is 2.33 bits per heavy atom. The first-order valence-corrected chi connectivity index (χ1v) is 8.14. The highest BCUT2D eigenvalue weighted by molar-refractivity contribution is 7.90. The van der Waals surface area contributed by atoms with E-state index in [1.54, 1.807) is 24.3 Å². The predicted octanol–water partition coefficient (Wildman–Crippen LogP) is 3.32. The van der Waals surface area contributed by atoms with E-state index in [2.05, 4.69) is 0 Å². The third-order valence-electron chi connectivity index (χ3n) is 3.12. The lowest BCUT2D eigenvalue weighted by Crippen LogP contribution is -2.10. The average molecular weight is 325 g/mol. The number of rotatable bonds is 4. The largest absolute Gasteiger partial charge is 0.478 e. The molecule has 0 spiro atoms. The second-order valence-electron chi connectivity index (χ2n) is 4.62. The van der Waals surface area contributed by atoms with Gasteiger partial charge in [-0.15, -0.1) is 0 Å². The molecule has 6 heteroatoms. The zero-order valence-electron chi connectivity index (χ0n) is 11.2. The Hall–Kier alpha value is -1.85. The minimum Gasteiger partial charge on any atom is -0.478 e. The number of halogens is 1. The molecule has 2 rings (SSSR count). The van der Waals surface area contributed by atoms with Gasteiger partial charge in [0.05, 0.1) is 16.2 Å². The molecule has 0 heterocycles. The van der Waals surface area contributed by atoms with Crippen LogP contribution in [0.1, 0.15) is 21.5 Å². The van der Waals surface area contributed by atoms with E-state index in [4.69, 9.17) is 16.7 Å². The van der Waals surface area contributed by atoms with Crippen LogP contribution in [0.4, 0.5) is 0 Å². The second-order valence-corrected chi connectivity index (χ2v) is 7.01. The van der Waals surface area contributed by atoms with Crippen LogP contribution in [0.15, 0.2) is 47.4 Å². The molecular weight excluding hydrogens is 312 g/mol. The maximum Gasteiger partial charge on any atom is 0.335 e. The summed E-state index contributed by atoms with van der Waals surface area (Å²) in [7, 11) is -3.62. The lowest BCUT2D eigenvalue weighted by Gasteiger charge is -2.10. The number of carbonyl (C=O) groups is 1. The van der Waals surface area contributed by atoms with Gasteiger partial charge in [-0.3, -0.25) is 0 Å². The topological polar surface area (TPSA) is 71.4 Å². The number of aromatic carboxylic acids is 1. The number of sulfone groups is 1. The zero-order chi connectivity index (χ0) is 15.6. The first-order chi connectivity index (χ1) is 9.81. The van der Waals surface area contributed by atoms with Crippen molar-refractivity contribution < 1.29 is 18.3 Å². The van der Waals surface area contributed by atoms with Gasteiger partial charge < -0.3 is 5.11 Å². The molecule has 0 aliphatic heterocycles. The number of hydrogen-bond acceptors (Lipinski definition) is 3. The SMILES string of the molecule is Cc1c(C(=O)O)cccc1S(=O)(=O)Cc1ccc(Cl)cc1. The first-order valence-electron chi connectivity index (χ1n) is 6.11. The van der Waals surface area contributed by atoms with Crippen molar-refractivity contribution in [3.05, 3.63) is 64.2 Å². The molecule has 4 nitrogen and oxygen atoms in total. The van der Waals surface area contributed by atoms with Crippen LogP contribution in [0.25, 0.3) is 0 Å². The van der Waals surface area contributed by atoms with E-state index in [1.807, 2.05) is 0 Å². The standard InChI is InChI=1S/C15H13ClO4S/c1-10-13(15(17)18)3-2-4-14(10)21(19,20)9-11-5-7-12(16)8-6-11/h2-8H,9H2,1H3,(H,17,18). The Kier molecular flexibility index (Phi) is 4.34. The summed E-state index contributed by atoms with van der Waals surface area (Å²) >= 11 is 5.77. The van der Waals surface area contributed by atoms with Crippen molar-refractivity contribution in [2.45, 2.75) is 17.6 Å². The van der Waals surface area contributed by atoms with Crippen LogP contribution in [-0.4, -0.2) is 19.5 Å². The average Bonchev–Trinajstić information content (AvgIpc) is 2.41. The Morgan fingerprint density at radius 2 is 1.76 bits per heavy atom. The van der Waals surface area contributed by atoms with Gasteiger partial charge in [-0.25, -0.2) is 13.2 Å². The summed E-state index contributed by atoms with van der Waals surface area (Å²) in [4.78, 5) is 11.1. The fourth-order valence-corrected chi connectivity index (χ4v) is 3.84. The highest BCUT2D eigenvalue weighted by Gasteiger charge is 2.21. The quantitative estimate of drug-likeness (QED) is 0.936. The summed E-state index contributed by atoms with van der Waals surface area (Å²) in [6, 6.07) is 10.8. The van der Waals surface area contributed by atoms with Gasteiger partial charge in [-0.2, -0.15) is 0 Å². The monoisotopic (exact) mass is 324 g/mol. The lowest BCUT2D eigenvalue weighted by atomic mass is 10.1. The van der Waals surface area contributed by atoms with Crippen LogP contribution in [0.5, 0.6) is 0 Å². The van der Waals surface area contributed by atoms with Crippen molar-refractivity contribution in [1.82, 2.24) is 0 Å². The molecule has 0 bridgehead atoms. The van der Waals surface area contributed by atoms with E-state index in [0.29, 0.717) is 10.6 Å². The Labute approximate surface area is 127 Å². The molecule has 0 unspecified atom stereocenters. The second kappa shape index (κ2) is 5.87. The highest BCUT2D eigenvalue weighted by atomic mass is 35.5. The molecule has 0 fully saturated rings. The Balaban J connectivity index is 2.42. The molecule has 0 saturated heterocycles. The third-order valence-corrected chi connectivity index (χ3v) is 5.20. The van der Waals surface area contributed by atoms with E-state index in [9.17, 15) is 13.2 Å². The van der Waals surface area contributed by atoms with Crippen molar-refractivity contribution in [3.8, 4) is 0 Å². The summed E-state index contributed by atoms with van der Waals surface area (Å²) in [5, 5.41) is 9.59. The third kappa shape index (κ3) is 3.43. The van der Waals surface area contributed by atoms with Crippen molar-refractivity contribution >= 4 is 27.4 Å². The van der Waals surface area contributed by atoms with Crippen LogP contribution in [0, 0.1) is 6.92 Å². The summed E-state index contributed by atoms with van der Waals surface area (Å²) in [6.07, 6.45) is 0. The molecule has 0 atom stereocenters. The summed E-state index contributed by atoms with van der Waals surface area (Å²) < 4.78 is 24.9. The molecule has 21 heavy (non-hydrogen) atoms. The van der Waals surface area contributed by atoms with Crippen LogP contribution < -0.4 is 0 Å². The molecule has 0 aliphatic carbocycles. The fraction of sp³-hybridized carbons (Fsp3) is 0.133. The van der Waals surface area contributed by atoms with Gasteiger partial charge in [-0.1, -0.05) is 29.8 Å². The van der Waals surface area contributed by atoms with Crippen molar-refractivity contribution in [2.75, 3.05) is 0 Å². The number of hydrogen-bond donors (Lipinski definition) is 1. The molecule has 0 aromatic heterocycles. The summed E-state index contributed by atoms with van der Waals surface area (Å²) in [5.74, 6) is -1.34. The minimum absolute atomic E-state index is 0.00724. The molecule has 2 aromatic carbocycles. The number of carboxylic acids is 1. The summed E-state index contributed by atoms with van der Waals surface area (Å²) in [5.41, 5.74) is 0.839. The predicted molar refractivity (Wildman–Crippen MR) is 80.5 cm³/mol. The zero-order valence-corrected chi connectivity index (χ0v) is 12.8. The molecule has 2 aromatic rings. The van der Waals surface area contributed by atoms with Crippen molar-refractivity contribution in [2.24, 2.45) is 0 Å². The molecule has 0 radical (unpaired) electrons. The molecule has 0 saturated carbocycles. The van der Waals surface area contributed by atoms with E-state index in [-0.39, 0.29) is 21.8 Å². The van der Waals surface area contributed by atoms with E-state index in [1.165, 1.54) is 25.1 Å². The van der Waals surface area contributed by atoms with Crippen LogP contribution in [-0.2, 0) is 15.6 Å². The van der Waals surface area contributed by atoms with Gasteiger partial charge in [-0.05, 0) is 42.3 Å². The van der Waals surface area contributed by atoms with E-state index < -0.39 is 15.8 Å². The van der Waals surface area contributed by atoms with Crippen molar-refractivity contribution in [1.29, 1.82) is 0 Å². The normalized spacial score (nSPS) is 11.3. The minimum atomic E-state index is -3.62. The highest BCUT2D eigenvalue weighted by Crippen LogP contribution is 2.23. The van der Waals surface area contributed by atoms with Gasteiger partial charge in [0.15, 0.2) is 9.84 Å². The molecular formula is C15H13ClO4S. The van der Waals surface area contributed by atoms with Crippen LogP contribution in [0.2, 0.25) is 5.02 Å². The van der Waals surface area contributed by atoms with Crippen LogP contribution >= 0.6 is 11.6 Å². The molecule has 0 amide bonds. The van der Waals surface area contributed by atoms with Crippen molar-refractivity contribution in [3.63, 3.8) is 0 Å². The van der Waals surface area contributed by atoms with Gasteiger partial charge in [0.2, 0.25) is 0 Å².